The number of methoxy groups -OCH3 is 1. The van der Waals surface area contributed by atoms with Crippen LogP contribution in [-0.4, -0.2) is 28.1 Å². The second-order valence-corrected chi connectivity index (χ2v) is 11.9. The molecular formula is C21H30O2Si. The highest BCUT2D eigenvalue weighted by molar-refractivity contribution is 6.69. The van der Waals surface area contributed by atoms with Gasteiger partial charge in [0.1, 0.15) is 0 Å². The lowest BCUT2D eigenvalue weighted by molar-refractivity contribution is 0.0302. The van der Waals surface area contributed by atoms with Crippen LogP contribution < -0.4 is 0 Å². The summed E-state index contributed by atoms with van der Waals surface area (Å²) in [7, 11) is 0.276. The van der Waals surface area contributed by atoms with E-state index in [1.807, 2.05) is 7.11 Å². The quantitative estimate of drug-likeness (QED) is 0.600. The fourth-order valence-corrected chi connectivity index (χ4v) is 3.57. The van der Waals surface area contributed by atoms with Crippen LogP contribution in [-0.2, 0) is 22.0 Å². The van der Waals surface area contributed by atoms with Gasteiger partial charge in [0, 0.05) is 19.6 Å². The van der Waals surface area contributed by atoms with Crippen LogP contribution in [0.1, 0.15) is 11.1 Å². The van der Waals surface area contributed by atoms with Crippen molar-refractivity contribution in [3.05, 3.63) is 71.8 Å². The van der Waals surface area contributed by atoms with Crippen molar-refractivity contribution in [1.82, 2.24) is 0 Å². The van der Waals surface area contributed by atoms with Crippen LogP contribution >= 0.6 is 0 Å². The fourth-order valence-electron chi connectivity index (χ4n) is 2.86. The highest BCUT2D eigenvalue weighted by Gasteiger charge is 2.25. The molecule has 24 heavy (non-hydrogen) atoms. The van der Waals surface area contributed by atoms with Gasteiger partial charge >= 0.3 is 0 Å². The number of rotatable bonds is 9. The second-order valence-electron chi connectivity index (χ2n) is 7.34. The summed E-state index contributed by atoms with van der Waals surface area (Å²) in [6.07, 6.45) is 2.06. The normalized spacial score (nSPS) is 14.3. The maximum atomic E-state index is 6.24. The maximum absolute atomic E-state index is 6.24. The molecule has 2 atom stereocenters. The predicted octanol–water partition coefficient (Wildman–Crippen LogP) is 4.95. The van der Waals surface area contributed by atoms with E-state index in [0.29, 0.717) is 5.92 Å². The first-order valence-electron chi connectivity index (χ1n) is 8.72. The lowest BCUT2D eigenvalue weighted by atomic mass is 9.90. The van der Waals surface area contributed by atoms with Crippen molar-refractivity contribution < 1.29 is 9.16 Å². The third kappa shape index (κ3) is 6.60. The van der Waals surface area contributed by atoms with Crippen LogP contribution in [0.2, 0.25) is 19.6 Å². The molecule has 0 aliphatic rings. The molecule has 0 amide bonds. The smallest absolute Gasteiger partial charge is 0.183 e. The SMILES string of the molecule is COC(Cc1ccccc1)C(CO[Si](C)(C)C)Cc1ccccc1. The molecular weight excluding hydrogens is 312 g/mol. The molecule has 0 aliphatic carbocycles. The molecule has 0 aromatic heterocycles. The molecule has 2 nitrogen and oxygen atoms in total. The average molecular weight is 343 g/mol. The molecule has 2 aromatic carbocycles. The predicted molar refractivity (Wildman–Crippen MR) is 104 cm³/mol. The van der Waals surface area contributed by atoms with Gasteiger partial charge in [0.2, 0.25) is 0 Å². The van der Waals surface area contributed by atoms with E-state index in [0.717, 1.165) is 19.4 Å². The van der Waals surface area contributed by atoms with Gasteiger partial charge < -0.3 is 9.16 Å². The Morgan fingerprint density at radius 2 is 1.29 bits per heavy atom. The molecule has 0 bridgehead atoms. The first-order valence-corrected chi connectivity index (χ1v) is 12.1. The van der Waals surface area contributed by atoms with Crippen molar-refractivity contribution in [2.24, 2.45) is 5.92 Å². The molecule has 0 saturated heterocycles. The van der Waals surface area contributed by atoms with Crippen LogP contribution in [0.3, 0.4) is 0 Å². The Morgan fingerprint density at radius 1 is 0.792 bits per heavy atom. The van der Waals surface area contributed by atoms with Gasteiger partial charge in [-0.25, -0.2) is 0 Å². The standard InChI is InChI=1S/C21H30O2Si/c1-22-21(16-19-13-9-6-10-14-19)20(17-23-24(2,3)4)15-18-11-7-5-8-12-18/h5-14,20-21H,15-17H2,1-4H3. The minimum atomic E-state index is -1.54. The summed E-state index contributed by atoms with van der Waals surface area (Å²) in [5, 5.41) is 0. The monoisotopic (exact) mass is 342 g/mol. The van der Waals surface area contributed by atoms with E-state index in [4.69, 9.17) is 9.16 Å². The van der Waals surface area contributed by atoms with Gasteiger partial charge in [0.05, 0.1) is 6.10 Å². The Morgan fingerprint density at radius 3 is 1.75 bits per heavy atom. The minimum absolute atomic E-state index is 0.156. The largest absolute Gasteiger partial charge is 0.417 e. The fraction of sp³-hybridized carbons (Fsp3) is 0.429. The lowest BCUT2D eigenvalue weighted by Crippen LogP contribution is -2.36. The van der Waals surface area contributed by atoms with Crippen LogP contribution in [0.5, 0.6) is 0 Å². The van der Waals surface area contributed by atoms with E-state index in [-0.39, 0.29) is 6.10 Å². The molecule has 0 radical (unpaired) electrons. The van der Waals surface area contributed by atoms with E-state index in [1.54, 1.807) is 0 Å². The Kier molecular flexibility index (Phi) is 7.22. The minimum Gasteiger partial charge on any atom is -0.417 e. The number of hydrogen-bond acceptors (Lipinski definition) is 2. The first-order chi connectivity index (χ1) is 11.5. The number of hydrogen-bond donors (Lipinski definition) is 0. The van der Waals surface area contributed by atoms with Crippen molar-refractivity contribution in [3.63, 3.8) is 0 Å². The molecule has 2 unspecified atom stereocenters. The number of ether oxygens (including phenoxy) is 1. The van der Waals surface area contributed by atoms with E-state index in [2.05, 4.69) is 80.3 Å². The molecule has 2 rings (SSSR count). The van der Waals surface area contributed by atoms with Gasteiger partial charge in [-0.3, -0.25) is 0 Å². The zero-order valence-corrected chi connectivity index (χ0v) is 16.4. The Balaban J connectivity index is 2.11. The van der Waals surface area contributed by atoms with Crippen molar-refractivity contribution in [2.45, 2.75) is 38.6 Å². The summed E-state index contributed by atoms with van der Waals surface area (Å²) in [4.78, 5) is 0. The molecule has 0 N–H and O–H groups in total. The highest BCUT2D eigenvalue weighted by atomic mass is 28.4. The summed E-state index contributed by atoms with van der Waals surface area (Å²) >= 11 is 0. The summed E-state index contributed by atoms with van der Waals surface area (Å²) in [5.74, 6) is 0.351. The lowest BCUT2D eigenvalue weighted by Gasteiger charge is -2.29. The van der Waals surface area contributed by atoms with Crippen LogP contribution in [0.4, 0.5) is 0 Å². The Labute approximate surface area is 148 Å². The summed E-state index contributed by atoms with van der Waals surface area (Å²) < 4.78 is 12.1. The van der Waals surface area contributed by atoms with Crippen molar-refractivity contribution in [3.8, 4) is 0 Å². The second kappa shape index (κ2) is 9.16. The molecule has 0 aliphatic heterocycles. The van der Waals surface area contributed by atoms with Gasteiger partial charge in [-0.05, 0) is 43.6 Å². The van der Waals surface area contributed by atoms with Gasteiger partial charge in [-0.15, -0.1) is 0 Å². The Hall–Kier alpha value is -1.42. The van der Waals surface area contributed by atoms with E-state index < -0.39 is 8.32 Å². The van der Waals surface area contributed by atoms with Crippen LogP contribution in [0.25, 0.3) is 0 Å². The zero-order chi connectivity index (χ0) is 17.4. The summed E-state index contributed by atoms with van der Waals surface area (Å²) in [6, 6.07) is 21.2. The maximum Gasteiger partial charge on any atom is 0.183 e. The van der Waals surface area contributed by atoms with E-state index in [1.165, 1.54) is 11.1 Å². The third-order valence-corrected chi connectivity index (χ3v) is 5.21. The van der Waals surface area contributed by atoms with Crippen LogP contribution in [0, 0.1) is 5.92 Å². The Bertz CT molecular complexity index is 578. The molecule has 0 saturated carbocycles. The molecule has 2 aromatic rings. The van der Waals surface area contributed by atoms with Gasteiger partial charge in [0.25, 0.3) is 0 Å². The average Bonchev–Trinajstić information content (AvgIpc) is 2.58. The van der Waals surface area contributed by atoms with Crippen molar-refractivity contribution >= 4 is 8.32 Å². The summed E-state index contributed by atoms with van der Waals surface area (Å²) in [5.41, 5.74) is 2.66. The molecule has 0 heterocycles. The van der Waals surface area contributed by atoms with Crippen LogP contribution in [0.15, 0.2) is 60.7 Å². The molecule has 130 valence electrons. The van der Waals surface area contributed by atoms with Gasteiger partial charge in [0.15, 0.2) is 8.32 Å². The molecule has 0 spiro atoms. The zero-order valence-electron chi connectivity index (χ0n) is 15.4. The first kappa shape index (κ1) is 18.9. The van der Waals surface area contributed by atoms with Crippen molar-refractivity contribution in [2.75, 3.05) is 13.7 Å². The van der Waals surface area contributed by atoms with E-state index >= 15 is 0 Å². The van der Waals surface area contributed by atoms with Gasteiger partial charge in [-0.1, -0.05) is 60.7 Å². The molecule has 0 fully saturated rings. The van der Waals surface area contributed by atoms with E-state index in [9.17, 15) is 0 Å². The highest BCUT2D eigenvalue weighted by Crippen LogP contribution is 2.21. The third-order valence-electron chi connectivity index (χ3n) is 4.18. The van der Waals surface area contributed by atoms with Gasteiger partial charge in [-0.2, -0.15) is 0 Å². The number of benzene rings is 2. The topological polar surface area (TPSA) is 18.5 Å². The summed E-state index contributed by atoms with van der Waals surface area (Å²) in [6.45, 7) is 7.48. The molecule has 3 heteroatoms. The van der Waals surface area contributed by atoms with Crippen molar-refractivity contribution in [1.29, 1.82) is 0 Å².